The van der Waals surface area contributed by atoms with Gasteiger partial charge in [0.1, 0.15) is 12.7 Å². The number of carbonyl (C=O) groups excluding carboxylic acids is 2. The summed E-state index contributed by atoms with van der Waals surface area (Å²) in [6.07, 6.45) is -0.0144. The van der Waals surface area contributed by atoms with Gasteiger partial charge in [0.15, 0.2) is 5.79 Å². The van der Waals surface area contributed by atoms with Gasteiger partial charge in [-0.1, -0.05) is 59.7 Å². The summed E-state index contributed by atoms with van der Waals surface area (Å²) >= 11 is 0. The third kappa shape index (κ3) is 9.08. The van der Waals surface area contributed by atoms with Gasteiger partial charge in [0, 0.05) is 42.7 Å². The fourth-order valence-corrected chi connectivity index (χ4v) is 10.5. The van der Waals surface area contributed by atoms with Crippen molar-refractivity contribution < 1.29 is 62.9 Å². The zero-order chi connectivity index (χ0) is 42.4. The number of aliphatic carboxylic acids is 1. The average Bonchev–Trinajstić information content (AvgIpc) is 3.88. The lowest BCUT2D eigenvalue weighted by Gasteiger charge is -2.48. The Kier molecular flexibility index (Phi) is 13.3. The molecule has 5 heterocycles. The highest BCUT2D eigenvalue weighted by molar-refractivity contribution is 5.84. The highest BCUT2D eigenvalue weighted by Gasteiger charge is 2.62. The van der Waals surface area contributed by atoms with E-state index < -0.39 is 77.1 Å². The molecule has 1 amide bonds. The Morgan fingerprint density at radius 1 is 0.948 bits per heavy atom. The molecule has 14 heteroatoms. The molecule has 0 saturated carbocycles. The van der Waals surface area contributed by atoms with E-state index in [1.165, 1.54) is 6.92 Å². The third-order valence-corrected chi connectivity index (χ3v) is 14.1. The van der Waals surface area contributed by atoms with E-state index in [0.717, 1.165) is 12.8 Å². The van der Waals surface area contributed by atoms with Crippen molar-refractivity contribution in [2.45, 2.75) is 179 Å². The van der Waals surface area contributed by atoms with Crippen LogP contribution in [0, 0.1) is 35.5 Å². The second kappa shape index (κ2) is 17.3. The van der Waals surface area contributed by atoms with Crippen LogP contribution in [-0.4, -0.2) is 105 Å². The van der Waals surface area contributed by atoms with E-state index in [-0.39, 0.29) is 61.4 Å². The van der Waals surface area contributed by atoms with Gasteiger partial charge in [-0.2, -0.15) is 0 Å². The number of aliphatic hydroxyl groups excluding tert-OH is 1. The number of benzene rings is 1. The maximum absolute atomic E-state index is 12.6. The van der Waals surface area contributed by atoms with Crippen LogP contribution < -0.4 is 5.32 Å². The van der Waals surface area contributed by atoms with E-state index in [2.05, 4.69) is 26.1 Å². The van der Waals surface area contributed by atoms with E-state index in [1.807, 2.05) is 45.9 Å². The van der Waals surface area contributed by atoms with Gasteiger partial charge in [-0.3, -0.25) is 14.9 Å². The molecule has 58 heavy (non-hydrogen) atoms. The first-order valence-corrected chi connectivity index (χ1v) is 21.4. The van der Waals surface area contributed by atoms with Crippen LogP contribution in [0.25, 0.3) is 0 Å². The lowest BCUT2D eigenvalue weighted by Crippen LogP contribution is -2.57. The molecule has 326 valence electrons. The molecular formula is C44H67NO13. The molecular weight excluding hydrogens is 750 g/mol. The van der Waals surface area contributed by atoms with Crippen LogP contribution in [0.4, 0.5) is 10.5 Å². The van der Waals surface area contributed by atoms with Crippen molar-refractivity contribution >= 4 is 23.7 Å². The lowest BCUT2D eigenvalue weighted by atomic mass is 9.78. The third-order valence-electron chi connectivity index (χ3n) is 14.1. The SMILES string of the molecule is CCC(=O)OC(C(C)C(=O)O)C(C)C1OC2(CCC(C)(C3CCC(C)(C4OC(C5OC(O)(COC(=O)Nc6ccccc6)C(C)CC5C)CC4C)O3)O2)CC(O)C1C. The predicted octanol–water partition coefficient (Wildman–Crippen LogP) is 6.45. The first-order valence-electron chi connectivity index (χ1n) is 21.4. The smallest absolute Gasteiger partial charge is 0.411 e. The molecule has 0 radical (unpaired) electrons. The van der Waals surface area contributed by atoms with Crippen LogP contribution >= 0.6 is 0 Å². The number of nitrogens with one attached hydrogen (secondary N) is 1. The molecule has 17 atom stereocenters. The Morgan fingerprint density at radius 3 is 2.33 bits per heavy atom. The van der Waals surface area contributed by atoms with Crippen molar-refractivity contribution in [1.29, 1.82) is 0 Å². The van der Waals surface area contributed by atoms with Crippen LogP contribution in [0.5, 0.6) is 0 Å². The Hall–Kier alpha value is -2.85. The number of rotatable bonds is 12. The van der Waals surface area contributed by atoms with Crippen LogP contribution in [0.15, 0.2) is 30.3 Å². The summed E-state index contributed by atoms with van der Waals surface area (Å²) in [7, 11) is 0. The zero-order valence-corrected chi connectivity index (χ0v) is 35.7. The van der Waals surface area contributed by atoms with Crippen LogP contribution in [0.1, 0.15) is 114 Å². The van der Waals surface area contributed by atoms with Crippen molar-refractivity contribution in [3.63, 3.8) is 0 Å². The fraction of sp³-hybridized carbons (Fsp3) is 0.795. The number of ether oxygens (including phenoxy) is 7. The lowest BCUT2D eigenvalue weighted by molar-refractivity contribution is -0.335. The van der Waals surface area contributed by atoms with Crippen LogP contribution in [-0.2, 0) is 42.7 Å². The van der Waals surface area contributed by atoms with Crippen molar-refractivity contribution in [2.75, 3.05) is 11.9 Å². The van der Waals surface area contributed by atoms with Gasteiger partial charge in [0.2, 0.25) is 5.79 Å². The predicted molar refractivity (Wildman–Crippen MR) is 211 cm³/mol. The monoisotopic (exact) mass is 817 g/mol. The van der Waals surface area contributed by atoms with Gasteiger partial charge in [0.25, 0.3) is 0 Å². The normalized spacial score (nSPS) is 43.1. The number of carbonyl (C=O) groups is 3. The molecule has 17 unspecified atom stereocenters. The number of anilines is 1. The second-order valence-electron chi connectivity index (χ2n) is 18.7. The molecule has 6 rings (SSSR count). The summed E-state index contributed by atoms with van der Waals surface area (Å²) in [4.78, 5) is 37.0. The van der Waals surface area contributed by atoms with Crippen LogP contribution in [0.3, 0.4) is 0 Å². The number of hydrogen-bond donors (Lipinski definition) is 4. The molecule has 1 aromatic rings. The molecule has 5 aliphatic heterocycles. The van der Waals surface area contributed by atoms with Gasteiger partial charge in [-0.25, -0.2) is 4.79 Å². The molecule has 0 bridgehead atoms. The van der Waals surface area contributed by atoms with E-state index >= 15 is 0 Å². The van der Waals surface area contributed by atoms with E-state index in [4.69, 9.17) is 33.2 Å². The number of hydrogen-bond acceptors (Lipinski definition) is 12. The van der Waals surface area contributed by atoms with Crippen molar-refractivity contribution in [2.24, 2.45) is 35.5 Å². The summed E-state index contributed by atoms with van der Waals surface area (Å²) in [5, 5.41) is 35.6. The van der Waals surface area contributed by atoms with Gasteiger partial charge in [0.05, 0.1) is 53.7 Å². The molecule has 4 N–H and O–H groups in total. The molecule has 1 spiro atoms. The zero-order valence-electron chi connectivity index (χ0n) is 35.7. The van der Waals surface area contributed by atoms with Gasteiger partial charge >= 0.3 is 18.0 Å². The molecule has 0 aromatic heterocycles. The Balaban J connectivity index is 1.09. The highest BCUT2D eigenvalue weighted by Crippen LogP contribution is 2.54. The number of aliphatic hydroxyl groups is 2. The minimum Gasteiger partial charge on any atom is -0.481 e. The Morgan fingerprint density at radius 2 is 1.66 bits per heavy atom. The van der Waals surface area contributed by atoms with Crippen molar-refractivity contribution in [3.8, 4) is 0 Å². The summed E-state index contributed by atoms with van der Waals surface area (Å²) < 4.78 is 45.1. The molecule has 14 nitrogen and oxygen atoms in total. The molecule has 5 aliphatic rings. The summed E-state index contributed by atoms with van der Waals surface area (Å²) in [6.45, 7) is 16.8. The standard InChI is InChI=1S/C44H67NO13/c1-10-34(47)54-36(29(7)39(48)49)28(6)37-27(5)31(46)22-43(56-37)19-18-41(8,58-43)33-16-17-42(9,55-33)38-25(3)21-32(53-38)35-24(2)20-26(4)44(51,57-35)23-52-40(50)45-30-14-12-11-13-15-30/h11-15,24-29,31-33,35-38,46,51H,10,16-23H2,1-9H3,(H,45,50)(H,48,49). The number of carboxylic acids is 1. The quantitative estimate of drug-likeness (QED) is 0.169. The van der Waals surface area contributed by atoms with E-state index in [1.54, 1.807) is 19.1 Å². The maximum atomic E-state index is 12.6. The maximum Gasteiger partial charge on any atom is 0.411 e. The van der Waals surface area contributed by atoms with Crippen molar-refractivity contribution in [3.05, 3.63) is 30.3 Å². The van der Waals surface area contributed by atoms with Gasteiger partial charge in [-0.15, -0.1) is 0 Å². The van der Waals surface area contributed by atoms with Crippen molar-refractivity contribution in [1.82, 2.24) is 0 Å². The second-order valence-corrected chi connectivity index (χ2v) is 18.7. The number of amides is 1. The van der Waals surface area contributed by atoms with Gasteiger partial charge in [-0.05, 0) is 76.8 Å². The topological polar surface area (TPSA) is 189 Å². The minimum absolute atomic E-state index is 0.0813. The first-order chi connectivity index (χ1) is 27.2. The Bertz CT molecular complexity index is 1610. The average molecular weight is 818 g/mol. The number of esters is 1. The van der Waals surface area contributed by atoms with Gasteiger partial charge < -0.3 is 48.5 Å². The van der Waals surface area contributed by atoms with E-state index in [0.29, 0.717) is 31.4 Å². The summed E-state index contributed by atoms with van der Waals surface area (Å²) in [6, 6.07) is 8.97. The largest absolute Gasteiger partial charge is 0.481 e. The number of carboxylic acid groups (broad SMARTS) is 1. The van der Waals surface area contributed by atoms with E-state index in [9.17, 15) is 29.7 Å². The molecule has 0 aliphatic carbocycles. The summed E-state index contributed by atoms with van der Waals surface area (Å²) in [5.74, 6) is -6.34. The molecule has 5 saturated heterocycles. The van der Waals surface area contributed by atoms with Crippen LogP contribution in [0.2, 0.25) is 0 Å². The molecule has 1 aromatic carbocycles. The highest BCUT2D eigenvalue weighted by atomic mass is 16.7. The number of para-hydroxylation sites is 1. The first kappa shape index (κ1) is 44.7. The minimum atomic E-state index is -1.68. The molecule has 5 fully saturated rings. The Labute approximate surface area is 342 Å². The summed E-state index contributed by atoms with van der Waals surface area (Å²) in [5.41, 5.74) is -0.788. The fourth-order valence-electron chi connectivity index (χ4n) is 10.5.